The highest BCUT2D eigenvalue weighted by atomic mass is 32.3. The Balaban J connectivity index is 1.43. The summed E-state index contributed by atoms with van der Waals surface area (Å²) in [5, 5.41) is 17.8. The third-order valence-electron chi connectivity index (χ3n) is 8.52. The lowest BCUT2D eigenvalue weighted by Crippen LogP contribution is -2.57. The predicted molar refractivity (Wildman–Crippen MR) is 167 cm³/mol. The Morgan fingerprint density at radius 2 is 1.67 bits per heavy atom. The zero-order valence-corrected chi connectivity index (χ0v) is 25.6. The van der Waals surface area contributed by atoms with Gasteiger partial charge in [0.15, 0.2) is 0 Å². The van der Waals surface area contributed by atoms with Crippen LogP contribution in [0.1, 0.15) is 48.3 Å². The number of piperazine rings is 1. The molecule has 248 valence electrons. The molecule has 0 aliphatic carbocycles. The number of halogens is 4. The number of anilines is 1. The highest BCUT2D eigenvalue weighted by molar-refractivity contribution is 8.22. The first-order chi connectivity index (χ1) is 21.9. The fourth-order valence-corrected chi connectivity index (χ4v) is 8.23. The van der Waals surface area contributed by atoms with E-state index in [4.69, 9.17) is 0 Å². The fraction of sp³-hybridized carbons (Fsp3) is 0.375. The van der Waals surface area contributed by atoms with Crippen LogP contribution in [-0.4, -0.2) is 67.5 Å². The smallest absolute Gasteiger partial charge is 0.405 e. The standard InChI is InChI=1S/C32H36F4N4O5S/c33-21-9-7-19(8-10-21)29(20-14-22(34)16-23(35)15-20)30(39-32(42)43)31(41)38-28-6-3-5-27(36)26(28)12-11-25-17-37-24-4-1-2-13-46(44,45)40(25)18-24/h3,5-10,14-16,24-25,29-30,37,39,44-45H,1-2,4,11-13,17-18H2,(H,38,41)(H,42,43)/t24-,25+,29+,30+/m1/s1. The number of hydrogen-bond donors (Lipinski definition) is 6. The van der Waals surface area contributed by atoms with E-state index in [9.17, 15) is 37.0 Å². The van der Waals surface area contributed by atoms with Crippen LogP contribution >= 0.6 is 10.8 Å². The Morgan fingerprint density at radius 3 is 2.37 bits per heavy atom. The van der Waals surface area contributed by atoms with E-state index in [1.54, 1.807) is 4.31 Å². The van der Waals surface area contributed by atoms with E-state index in [0.717, 1.165) is 37.1 Å². The number of nitrogens with one attached hydrogen (secondary N) is 3. The number of fused-ring (bicyclic) bond motifs is 2. The molecule has 0 aromatic heterocycles. The van der Waals surface area contributed by atoms with Gasteiger partial charge in [0.25, 0.3) is 0 Å². The molecule has 5 rings (SSSR count). The zero-order valence-electron chi connectivity index (χ0n) is 24.8. The molecule has 14 heteroatoms. The van der Waals surface area contributed by atoms with Crippen LogP contribution in [0, 0.1) is 23.3 Å². The number of rotatable bonds is 9. The van der Waals surface area contributed by atoms with Gasteiger partial charge in [0.2, 0.25) is 5.91 Å². The summed E-state index contributed by atoms with van der Waals surface area (Å²) in [4.78, 5) is 25.7. The number of hydrogen-bond acceptors (Lipinski definition) is 6. The second-order valence-electron chi connectivity index (χ2n) is 11.6. The second-order valence-corrected chi connectivity index (χ2v) is 13.8. The summed E-state index contributed by atoms with van der Waals surface area (Å²) >= 11 is 0. The summed E-state index contributed by atoms with van der Waals surface area (Å²) < 4.78 is 81.3. The maximum absolute atomic E-state index is 15.3. The van der Waals surface area contributed by atoms with E-state index in [1.807, 2.05) is 0 Å². The lowest BCUT2D eigenvalue weighted by atomic mass is 9.84. The molecule has 0 saturated carbocycles. The molecule has 46 heavy (non-hydrogen) atoms. The van der Waals surface area contributed by atoms with Crippen LogP contribution in [0.25, 0.3) is 0 Å². The van der Waals surface area contributed by atoms with E-state index in [2.05, 4.69) is 16.0 Å². The molecule has 2 bridgehead atoms. The molecule has 2 aliphatic rings. The first-order valence-electron chi connectivity index (χ1n) is 15.0. The number of amides is 2. The van der Waals surface area contributed by atoms with E-state index in [-0.39, 0.29) is 46.6 Å². The maximum Gasteiger partial charge on any atom is 0.405 e. The highest BCUT2D eigenvalue weighted by Crippen LogP contribution is 2.48. The molecule has 3 aromatic carbocycles. The number of benzene rings is 3. The second kappa shape index (κ2) is 14.4. The summed E-state index contributed by atoms with van der Waals surface area (Å²) in [5.74, 6) is -5.19. The molecule has 2 saturated heterocycles. The molecule has 2 heterocycles. The van der Waals surface area contributed by atoms with Crippen molar-refractivity contribution in [2.24, 2.45) is 0 Å². The Kier molecular flexibility index (Phi) is 10.5. The first kappa shape index (κ1) is 33.7. The van der Waals surface area contributed by atoms with Crippen LogP contribution in [-0.2, 0) is 11.2 Å². The van der Waals surface area contributed by atoms with Gasteiger partial charge in [-0.05, 0) is 73.2 Å². The van der Waals surface area contributed by atoms with E-state index < -0.39 is 58.0 Å². The Labute approximate surface area is 265 Å². The summed E-state index contributed by atoms with van der Waals surface area (Å²) in [7, 11) is -3.01. The van der Waals surface area contributed by atoms with Crippen molar-refractivity contribution < 1.29 is 41.4 Å². The van der Waals surface area contributed by atoms with Crippen molar-refractivity contribution in [2.75, 3.05) is 24.2 Å². The van der Waals surface area contributed by atoms with Crippen LogP contribution in [0.15, 0.2) is 60.7 Å². The maximum atomic E-state index is 15.3. The van der Waals surface area contributed by atoms with Gasteiger partial charge in [-0.2, -0.15) is 0 Å². The number of carbonyl (C=O) groups excluding carboxylic acids is 1. The number of carboxylic acid groups (broad SMARTS) is 1. The third-order valence-corrected chi connectivity index (χ3v) is 10.6. The third kappa shape index (κ3) is 7.99. The van der Waals surface area contributed by atoms with Crippen LogP contribution < -0.4 is 16.0 Å². The van der Waals surface area contributed by atoms with Crippen molar-refractivity contribution in [3.63, 3.8) is 0 Å². The Hall–Kier alpha value is -3.69. The highest BCUT2D eigenvalue weighted by Gasteiger charge is 2.38. The lowest BCUT2D eigenvalue weighted by Gasteiger charge is -2.52. The molecule has 1 unspecified atom stereocenters. The van der Waals surface area contributed by atoms with Gasteiger partial charge in [0.1, 0.15) is 29.3 Å². The minimum atomic E-state index is -3.01. The molecule has 5 atom stereocenters. The minimum Gasteiger partial charge on any atom is -0.465 e. The van der Waals surface area contributed by atoms with Gasteiger partial charge in [-0.15, -0.1) is 10.8 Å². The summed E-state index contributed by atoms with van der Waals surface area (Å²) in [6.45, 7) is 0.909. The zero-order chi connectivity index (χ0) is 33.0. The van der Waals surface area contributed by atoms with Crippen molar-refractivity contribution in [2.45, 2.75) is 56.1 Å². The fourth-order valence-electron chi connectivity index (χ4n) is 6.32. The largest absolute Gasteiger partial charge is 0.465 e. The van der Waals surface area contributed by atoms with Crippen molar-refractivity contribution in [3.8, 4) is 0 Å². The normalized spacial score (nSPS) is 22.9. The molecule has 9 nitrogen and oxygen atoms in total. The molecule has 2 fully saturated rings. The molecular weight excluding hydrogens is 628 g/mol. The molecule has 2 aliphatic heterocycles. The number of carbonyl (C=O) groups is 2. The minimum absolute atomic E-state index is 0.0476. The van der Waals surface area contributed by atoms with Crippen molar-refractivity contribution >= 4 is 28.5 Å². The molecule has 0 radical (unpaired) electrons. The van der Waals surface area contributed by atoms with Gasteiger partial charge in [0.05, 0.1) is 5.75 Å². The average Bonchev–Trinajstić information content (AvgIpc) is 2.98. The van der Waals surface area contributed by atoms with Gasteiger partial charge in [-0.3, -0.25) is 13.9 Å². The molecule has 3 aromatic rings. The molecule has 2 amide bonds. The SMILES string of the molecule is O=C(O)N[C@H](C(=O)Nc1cccc(F)c1CC[C@H]1CN[C@@H]2CCCCS(O)(O)N1C2)[C@@H](c1ccc(F)cc1)c1cc(F)cc(F)c1. The van der Waals surface area contributed by atoms with Crippen LogP contribution in [0.5, 0.6) is 0 Å². The van der Waals surface area contributed by atoms with Gasteiger partial charge < -0.3 is 21.1 Å². The lowest BCUT2D eigenvalue weighted by molar-refractivity contribution is -0.118. The topological polar surface area (TPSA) is 134 Å². The molecule has 6 N–H and O–H groups in total. The number of nitrogens with zero attached hydrogens (tertiary/aromatic N) is 1. The average molecular weight is 665 g/mol. The Bertz CT molecular complexity index is 1540. The monoisotopic (exact) mass is 664 g/mol. The van der Waals surface area contributed by atoms with Crippen LogP contribution in [0.3, 0.4) is 0 Å². The first-order valence-corrected chi connectivity index (χ1v) is 16.6. The van der Waals surface area contributed by atoms with Crippen molar-refractivity contribution in [1.29, 1.82) is 0 Å². The van der Waals surface area contributed by atoms with Crippen LogP contribution in [0.4, 0.5) is 28.0 Å². The molecule has 0 spiro atoms. The quantitative estimate of drug-likeness (QED) is 0.153. The van der Waals surface area contributed by atoms with Gasteiger partial charge in [0, 0.05) is 48.4 Å². The summed E-state index contributed by atoms with van der Waals surface area (Å²) in [5.41, 5.74) is 0.264. The van der Waals surface area contributed by atoms with E-state index >= 15 is 4.39 Å². The molecular formula is C32H36F4N4O5S. The predicted octanol–water partition coefficient (Wildman–Crippen LogP) is 6.07. The Morgan fingerprint density at radius 1 is 0.957 bits per heavy atom. The van der Waals surface area contributed by atoms with Crippen LogP contribution in [0.2, 0.25) is 0 Å². The summed E-state index contributed by atoms with van der Waals surface area (Å²) in [6.07, 6.45) is 1.28. The van der Waals surface area contributed by atoms with Gasteiger partial charge >= 0.3 is 6.09 Å². The van der Waals surface area contributed by atoms with Crippen molar-refractivity contribution in [1.82, 2.24) is 14.9 Å². The van der Waals surface area contributed by atoms with Gasteiger partial charge in [-0.25, -0.2) is 26.7 Å². The van der Waals surface area contributed by atoms with Gasteiger partial charge in [-0.1, -0.05) is 24.6 Å². The van der Waals surface area contributed by atoms with E-state index in [1.165, 1.54) is 30.3 Å². The van der Waals surface area contributed by atoms with Crippen molar-refractivity contribution in [3.05, 3.63) is 101 Å². The van der Waals surface area contributed by atoms with E-state index in [0.29, 0.717) is 32.0 Å². The summed E-state index contributed by atoms with van der Waals surface area (Å²) in [6, 6.07) is 9.36.